The van der Waals surface area contributed by atoms with Gasteiger partial charge in [0.15, 0.2) is 0 Å². The number of hydrogen-bond donors (Lipinski definition) is 2. The molecule has 4 nitrogen and oxygen atoms in total. The Labute approximate surface area is 133 Å². The first-order valence-corrected chi connectivity index (χ1v) is 8.04. The minimum atomic E-state index is 0.344. The Morgan fingerprint density at radius 3 is 2.32 bits per heavy atom. The van der Waals surface area contributed by atoms with E-state index in [2.05, 4.69) is 71.7 Å². The Balaban J connectivity index is 1.94. The molecule has 4 heteroatoms. The van der Waals surface area contributed by atoms with E-state index in [1.807, 2.05) is 12.4 Å². The van der Waals surface area contributed by atoms with Crippen LogP contribution in [0.5, 0.6) is 0 Å². The highest BCUT2D eigenvalue weighted by molar-refractivity contribution is 5.26. The first-order valence-electron chi connectivity index (χ1n) is 8.04. The van der Waals surface area contributed by atoms with Crippen LogP contribution >= 0.6 is 0 Å². The number of nitrogens with one attached hydrogen (secondary N) is 2. The number of anilines is 1. The van der Waals surface area contributed by atoms with Crippen molar-refractivity contribution in [3.63, 3.8) is 0 Å². The minimum absolute atomic E-state index is 0.344. The first kappa shape index (κ1) is 16.4. The molecular formula is C18H26N4. The normalized spacial score (nSPS) is 12.4. The van der Waals surface area contributed by atoms with Gasteiger partial charge in [-0.1, -0.05) is 43.7 Å². The number of nitrogens with zero attached hydrogens (tertiary/aromatic N) is 2. The Kier molecular flexibility index (Phi) is 6.34. The van der Waals surface area contributed by atoms with E-state index in [0.29, 0.717) is 18.0 Å². The van der Waals surface area contributed by atoms with Gasteiger partial charge in [-0.3, -0.25) is 0 Å². The zero-order valence-electron chi connectivity index (χ0n) is 13.7. The molecule has 2 N–H and O–H groups in total. The summed E-state index contributed by atoms with van der Waals surface area (Å²) in [6.45, 7) is 7.15. The molecule has 0 spiro atoms. The predicted octanol–water partition coefficient (Wildman–Crippen LogP) is 3.93. The van der Waals surface area contributed by atoms with E-state index in [0.717, 1.165) is 24.9 Å². The van der Waals surface area contributed by atoms with Crippen LogP contribution in [0, 0.1) is 0 Å². The second-order valence-corrected chi connectivity index (χ2v) is 5.85. The fourth-order valence-electron chi connectivity index (χ4n) is 2.38. The number of hydrogen-bond acceptors (Lipinski definition) is 4. The van der Waals surface area contributed by atoms with Crippen LogP contribution in [0.25, 0.3) is 0 Å². The summed E-state index contributed by atoms with van der Waals surface area (Å²) < 4.78 is 0. The molecule has 0 aliphatic rings. The molecule has 0 aliphatic carbocycles. The molecule has 22 heavy (non-hydrogen) atoms. The molecule has 1 unspecified atom stereocenters. The van der Waals surface area contributed by atoms with Gasteiger partial charge < -0.3 is 10.6 Å². The van der Waals surface area contributed by atoms with Crippen LogP contribution in [-0.2, 0) is 6.54 Å². The average Bonchev–Trinajstić information content (AvgIpc) is 2.53. The molecule has 1 aromatic heterocycles. The highest BCUT2D eigenvalue weighted by atomic mass is 15.1. The van der Waals surface area contributed by atoms with Crippen molar-refractivity contribution >= 4 is 5.95 Å². The lowest BCUT2D eigenvalue weighted by molar-refractivity contribution is 0.492. The van der Waals surface area contributed by atoms with Gasteiger partial charge in [0.25, 0.3) is 0 Å². The Morgan fingerprint density at radius 2 is 1.73 bits per heavy atom. The SMILES string of the molecule is CCCC(NCc1cnc(NC(C)C)nc1)c1ccccc1. The van der Waals surface area contributed by atoms with Gasteiger partial charge in [0, 0.05) is 36.6 Å². The van der Waals surface area contributed by atoms with E-state index < -0.39 is 0 Å². The molecule has 0 saturated carbocycles. The smallest absolute Gasteiger partial charge is 0.222 e. The minimum Gasteiger partial charge on any atom is -0.352 e. The zero-order chi connectivity index (χ0) is 15.8. The summed E-state index contributed by atoms with van der Waals surface area (Å²) >= 11 is 0. The number of aromatic nitrogens is 2. The molecule has 2 aromatic rings. The molecule has 1 aromatic carbocycles. The van der Waals surface area contributed by atoms with Crippen molar-refractivity contribution in [3.05, 3.63) is 53.9 Å². The maximum absolute atomic E-state index is 4.35. The zero-order valence-corrected chi connectivity index (χ0v) is 13.7. The Bertz CT molecular complexity index is 537. The molecule has 0 aliphatic heterocycles. The number of rotatable bonds is 8. The van der Waals surface area contributed by atoms with Gasteiger partial charge >= 0.3 is 0 Å². The summed E-state index contributed by atoms with van der Waals surface area (Å²) in [5.74, 6) is 0.687. The average molecular weight is 298 g/mol. The second kappa shape index (κ2) is 8.49. The Morgan fingerprint density at radius 1 is 1.05 bits per heavy atom. The van der Waals surface area contributed by atoms with Crippen molar-refractivity contribution < 1.29 is 0 Å². The van der Waals surface area contributed by atoms with E-state index in [-0.39, 0.29) is 0 Å². The lowest BCUT2D eigenvalue weighted by atomic mass is 10.0. The van der Waals surface area contributed by atoms with Crippen LogP contribution in [0.2, 0.25) is 0 Å². The third-order valence-electron chi connectivity index (χ3n) is 3.45. The largest absolute Gasteiger partial charge is 0.352 e. The molecule has 0 radical (unpaired) electrons. The molecule has 0 bridgehead atoms. The van der Waals surface area contributed by atoms with Crippen molar-refractivity contribution in [3.8, 4) is 0 Å². The summed E-state index contributed by atoms with van der Waals surface area (Å²) in [5, 5.41) is 6.81. The summed E-state index contributed by atoms with van der Waals surface area (Å²) in [6, 6.07) is 11.3. The van der Waals surface area contributed by atoms with E-state index in [1.54, 1.807) is 0 Å². The quantitative estimate of drug-likeness (QED) is 0.775. The summed E-state index contributed by atoms with van der Waals surface area (Å²) in [5.41, 5.74) is 2.44. The lowest BCUT2D eigenvalue weighted by Crippen LogP contribution is -2.21. The topological polar surface area (TPSA) is 49.8 Å². The first-order chi connectivity index (χ1) is 10.7. The van der Waals surface area contributed by atoms with Gasteiger partial charge in [0.1, 0.15) is 0 Å². The van der Waals surface area contributed by atoms with E-state index in [4.69, 9.17) is 0 Å². The van der Waals surface area contributed by atoms with Crippen LogP contribution in [0.1, 0.15) is 50.8 Å². The standard InChI is InChI=1S/C18H26N4/c1-4-8-17(16-9-6-5-7-10-16)19-11-15-12-20-18(21-13-15)22-14(2)3/h5-7,9-10,12-14,17,19H,4,8,11H2,1-3H3,(H,20,21,22). The molecule has 1 heterocycles. The highest BCUT2D eigenvalue weighted by Crippen LogP contribution is 2.18. The second-order valence-electron chi connectivity index (χ2n) is 5.85. The molecule has 118 valence electrons. The van der Waals surface area contributed by atoms with Crippen molar-refractivity contribution in [1.82, 2.24) is 15.3 Å². The van der Waals surface area contributed by atoms with Crippen molar-refractivity contribution in [2.45, 2.75) is 52.2 Å². The monoisotopic (exact) mass is 298 g/mol. The number of benzene rings is 1. The fraction of sp³-hybridized carbons (Fsp3) is 0.444. The third-order valence-corrected chi connectivity index (χ3v) is 3.45. The van der Waals surface area contributed by atoms with Gasteiger partial charge in [-0.05, 0) is 25.8 Å². The van der Waals surface area contributed by atoms with Crippen LogP contribution in [-0.4, -0.2) is 16.0 Å². The van der Waals surface area contributed by atoms with Crippen LogP contribution in [0.15, 0.2) is 42.7 Å². The van der Waals surface area contributed by atoms with E-state index in [9.17, 15) is 0 Å². The molecule has 0 saturated heterocycles. The van der Waals surface area contributed by atoms with E-state index in [1.165, 1.54) is 5.56 Å². The van der Waals surface area contributed by atoms with Crippen molar-refractivity contribution in [2.75, 3.05) is 5.32 Å². The van der Waals surface area contributed by atoms with Crippen LogP contribution < -0.4 is 10.6 Å². The molecule has 1 atom stereocenters. The van der Waals surface area contributed by atoms with Crippen LogP contribution in [0.3, 0.4) is 0 Å². The lowest BCUT2D eigenvalue weighted by Gasteiger charge is -2.18. The molecular weight excluding hydrogens is 272 g/mol. The van der Waals surface area contributed by atoms with Crippen molar-refractivity contribution in [2.24, 2.45) is 0 Å². The summed E-state index contributed by atoms with van der Waals surface area (Å²) in [7, 11) is 0. The maximum Gasteiger partial charge on any atom is 0.222 e. The maximum atomic E-state index is 4.35. The summed E-state index contributed by atoms with van der Waals surface area (Å²) in [4.78, 5) is 8.71. The van der Waals surface area contributed by atoms with Gasteiger partial charge in [-0.25, -0.2) is 9.97 Å². The van der Waals surface area contributed by atoms with Gasteiger partial charge in [-0.15, -0.1) is 0 Å². The van der Waals surface area contributed by atoms with E-state index >= 15 is 0 Å². The van der Waals surface area contributed by atoms with Crippen molar-refractivity contribution in [1.29, 1.82) is 0 Å². The third kappa shape index (κ3) is 5.11. The Hall–Kier alpha value is -1.94. The van der Waals surface area contributed by atoms with Crippen LogP contribution in [0.4, 0.5) is 5.95 Å². The molecule has 2 rings (SSSR count). The fourth-order valence-corrected chi connectivity index (χ4v) is 2.38. The molecule has 0 amide bonds. The van der Waals surface area contributed by atoms with Gasteiger partial charge in [0.2, 0.25) is 5.95 Å². The summed E-state index contributed by atoms with van der Waals surface area (Å²) in [6.07, 6.45) is 6.05. The van der Waals surface area contributed by atoms with Gasteiger partial charge in [-0.2, -0.15) is 0 Å². The van der Waals surface area contributed by atoms with Gasteiger partial charge in [0.05, 0.1) is 0 Å². The molecule has 0 fully saturated rings. The highest BCUT2D eigenvalue weighted by Gasteiger charge is 2.09. The predicted molar refractivity (Wildman–Crippen MR) is 91.7 cm³/mol.